The summed E-state index contributed by atoms with van der Waals surface area (Å²) in [6.07, 6.45) is 5.41. The van der Waals surface area contributed by atoms with Gasteiger partial charge in [0.05, 0.1) is 6.42 Å². The molecule has 1 aromatic rings. The van der Waals surface area contributed by atoms with Crippen LogP contribution in [0.4, 0.5) is 5.69 Å². The van der Waals surface area contributed by atoms with Crippen LogP contribution in [0.2, 0.25) is 0 Å². The number of hydrogen-bond donors (Lipinski definition) is 1. The zero-order valence-electron chi connectivity index (χ0n) is 13.2. The number of carbonyl (C=O) groups excluding carboxylic acids is 1. The van der Waals surface area contributed by atoms with E-state index in [1.807, 2.05) is 36.2 Å². The van der Waals surface area contributed by atoms with E-state index in [1.54, 1.807) is 0 Å². The molecule has 1 aliphatic heterocycles. The van der Waals surface area contributed by atoms with Gasteiger partial charge in [-0.2, -0.15) is 0 Å². The van der Waals surface area contributed by atoms with Gasteiger partial charge in [0.2, 0.25) is 5.91 Å². The Balaban J connectivity index is 1.78. The van der Waals surface area contributed by atoms with Crippen molar-refractivity contribution in [3.05, 3.63) is 29.8 Å². The summed E-state index contributed by atoms with van der Waals surface area (Å²) in [7, 11) is 4.10. The Morgan fingerprint density at radius 2 is 2.05 bits per heavy atom. The number of piperidine rings is 1. The summed E-state index contributed by atoms with van der Waals surface area (Å²) in [6, 6.07) is 8.18. The number of hydrogen-bond acceptors (Lipinski definition) is 3. The largest absolute Gasteiger partial charge is 0.399 e. The molecule has 116 valence electrons. The van der Waals surface area contributed by atoms with Gasteiger partial charge < -0.3 is 15.5 Å². The van der Waals surface area contributed by atoms with Crippen molar-refractivity contribution in [3.8, 4) is 0 Å². The average molecular weight is 289 g/mol. The molecular formula is C17H27N3O. The monoisotopic (exact) mass is 289 g/mol. The minimum absolute atomic E-state index is 0.179. The highest BCUT2D eigenvalue weighted by atomic mass is 16.2. The first-order chi connectivity index (χ1) is 10.1. The van der Waals surface area contributed by atoms with Crippen LogP contribution in [0.1, 0.15) is 31.2 Å². The molecule has 4 nitrogen and oxygen atoms in total. The van der Waals surface area contributed by atoms with E-state index in [9.17, 15) is 4.79 Å². The van der Waals surface area contributed by atoms with Crippen LogP contribution in [-0.2, 0) is 11.2 Å². The van der Waals surface area contributed by atoms with Gasteiger partial charge in [0, 0.05) is 25.3 Å². The van der Waals surface area contributed by atoms with Crippen LogP contribution in [0.25, 0.3) is 0 Å². The van der Waals surface area contributed by atoms with E-state index in [1.165, 1.54) is 25.8 Å². The van der Waals surface area contributed by atoms with Gasteiger partial charge in [-0.05, 0) is 50.6 Å². The number of carbonyl (C=O) groups is 1. The topological polar surface area (TPSA) is 49.6 Å². The number of likely N-dealkylation sites (N-methyl/N-ethyl adjacent to an activating group) is 1. The summed E-state index contributed by atoms with van der Waals surface area (Å²) < 4.78 is 0. The summed E-state index contributed by atoms with van der Waals surface area (Å²) in [4.78, 5) is 16.5. The molecule has 1 unspecified atom stereocenters. The fraction of sp³-hybridized carbons (Fsp3) is 0.588. The predicted molar refractivity (Wildman–Crippen MR) is 87.1 cm³/mol. The summed E-state index contributed by atoms with van der Waals surface area (Å²) in [5, 5.41) is 0. The first-order valence-corrected chi connectivity index (χ1v) is 7.85. The molecule has 1 amide bonds. The molecule has 1 heterocycles. The van der Waals surface area contributed by atoms with Crippen molar-refractivity contribution in [2.24, 2.45) is 0 Å². The smallest absolute Gasteiger partial charge is 0.226 e. The lowest BCUT2D eigenvalue weighted by Crippen LogP contribution is -2.39. The fourth-order valence-electron chi connectivity index (χ4n) is 2.92. The molecule has 0 aliphatic carbocycles. The molecule has 1 atom stereocenters. The molecule has 0 spiro atoms. The van der Waals surface area contributed by atoms with Crippen molar-refractivity contribution in [2.45, 2.75) is 38.1 Å². The highest BCUT2D eigenvalue weighted by Crippen LogP contribution is 2.18. The normalized spacial score (nSPS) is 19.4. The van der Waals surface area contributed by atoms with Crippen molar-refractivity contribution in [2.75, 3.05) is 32.9 Å². The minimum Gasteiger partial charge on any atom is -0.399 e. The van der Waals surface area contributed by atoms with Crippen molar-refractivity contribution >= 4 is 11.6 Å². The predicted octanol–water partition coefficient (Wildman–Crippen LogP) is 2.14. The molecular weight excluding hydrogens is 262 g/mol. The molecule has 4 heteroatoms. The molecule has 2 rings (SSSR count). The van der Waals surface area contributed by atoms with Gasteiger partial charge in [-0.25, -0.2) is 0 Å². The van der Waals surface area contributed by atoms with Crippen LogP contribution in [0, 0.1) is 0 Å². The second-order valence-electron chi connectivity index (χ2n) is 6.15. The van der Waals surface area contributed by atoms with Crippen LogP contribution in [0.15, 0.2) is 24.3 Å². The Bertz CT molecular complexity index is 458. The molecule has 1 aliphatic rings. The number of likely N-dealkylation sites (tertiary alicyclic amines) is 1. The molecule has 1 saturated heterocycles. The first kappa shape index (κ1) is 15.8. The molecule has 21 heavy (non-hydrogen) atoms. The Hall–Kier alpha value is -1.55. The SMILES string of the molecule is CN(CCC1CCCCN1C)C(=O)Cc1ccc(N)cc1. The van der Waals surface area contributed by atoms with Gasteiger partial charge in [0.15, 0.2) is 0 Å². The lowest BCUT2D eigenvalue weighted by Gasteiger charge is -2.33. The minimum atomic E-state index is 0.179. The maximum atomic E-state index is 12.2. The van der Waals surface area contributed by atoms with Gasteiger partial charge in [-0.3, -0.25) is 4.79 Å². The summed E-state index contributed by atoms with van der Waals surface area (Å²) in [5.74, 6) is 0.179. The maximum Gasteiger partial charge on any atom is 0.226 e. The van der Waals surface area contributed by atoms with Crippen molar-refractivity contribution in [1.82, 2.24) is 9.80 Å². The van der Waals surface area contributed by atoms with Crippen molar-refractivity contribution in [1.29, 1.82) is 0 Å². The highest BCUT2D eigenvalue weighted by Gasteiger charge is 2.20. The molecule has 0 aromatic heterocycles. The van der Waals surface area contributed by atoms with E-state index < -0.39 is 0 Å². The van der Waals surface area contributed by atoms with E-state index in [2.05, 4.69) is 11.9 Å². The van der Waals surface area contributed by atoms with Gasteiger partial charge in [-0.15, -0.1) is 0 Å². The van der Waals surface area contributed by atoms with Gasteiger partial charge in [-0.1, -0.05) is 18.6 Å². The number of nitrogens with zero attached hydrogens (tertiary/aromatic N) is 2. The molecule has 1 aromatic carbocycles. The fourth-order valence-corrected chi connectivity index (χ4v) is 2.92. The second-order valence-corrected chi connectivity index (χ2v) is 6.15. The Morgan fingerprint density at radius 1 is 1.33 bits per heavy atom. The van der Waals surface area contributed by atoms with Crippen LogP contribution in [0.5, 0.6) is 0 Å². The number of rotatable bonds is 5. The van der Waals surface area contributed by atoms with Crippen LogP contribution in [-0.4, -0.2) is 48.9 Å². The Kier molecular flexibility index (Phi) is 5.62. The number of nitrogens with two attached hydrogens (primary N) is 1. The van der Waals surface area contributed by atoms with Crippen LogP contribution in [0.3, 0.4) is 0 Å². The van der Waals surface area contributed by atoms with E-state index in [0.29, 0.717) is 12.5 Å². The van der Waals surface area contributed by atoms with E-state index >= 15 is 0 Å². The van der Waals surface area contributed by atoms with Crippen molar-refractivity contribution < 1.29 is 4.79 Å². The third-order valence-electron chi connectivity index (χ3n) is 4.48. The molecule has 1 fully saturated rings. The van der Waals surface area contributed by atoms with Gasteiger partial charge in [0.1, 0.15) is 0 Å². The number of benzene rings is 1. The standard InChI is InChI=1S/C17H27N3O/c1-19-11-4-3-5-16(19)10-12-20(2)17(21)13-14-6-8-15(18)9-7-14/h6-9,16H,3-5,10-13,18H2,1-2H3. The lowest BCUT2D eigenvalue weighted by atomic mass is 10.00. The Morgan fingerprint density at radius 3 is 2.71 bits per heavy atom. The van der Waals surface area contributed by atoms with Crippen LogP contribution >= 0.6 is 0 Å². The lowest BCUT2D eigenvalue weighted by molar-refractivity contribution is -0.129. The molecule has 2 N–H and O–H groups in total. The summed E-state index contributed by atoms with van der Waals surface area (Å²) in [5.41, 5.74) is 7.42. The van der Waals surface area contributed by atoms with Crippen molar-refractivity contribution in [3.63, 3.8) is 0 Å². The quantitative estimate of drug-likeness (QED) is 0.845. The molecule has 0 saturated carbocycles. The van der Waals surface area contributed by atoms with E-state index in [0.717, 1.165) is 24.2 Å². The Labute approximate surface area is 127 Å². The number of amides is 1. The zero-order chi connectivity index (χ0) is 15.2. The third kappa shape index (κ3) is 4.74. The number of nitrogen functional groups attached to an aromatic ring is 1. The highest BCUT2D eigenvalue weighted by molar-refractivity contribution is 5.78. The zero-order valence-corrected chi connectivity index (χ0v) is 13.2. The summed E-state index contributed by atoms with van der Waals surface area (Å²) >= 11 is 0. The van der Waals surface area contributed by atoms with E-state index in [4.69, 9.17) is 5.73 Å². The average Bonchev–Trinajstić information content (AvgIpc) is 2.48. The maximum absolute atomic E-state index is 12.2. The third-order valence-corrected chi connectivity index (χ3v) is 4.48. The van der Waals surface area contributed by atoms with E-state index in [-0.39, 0.29) is 5.91 Å². The number of anilines is 1. The van der Waals surface area contributed by atoms with Gasteiger partial charge >= 0.3 is 0 Å². The molecule has 0 bridgehead atoms. The van der Waals surface area contributed by atoms with Gasteiger partial charge in [0.25, 0.3) is 0 Å². The summed E-state index contributed by atoms with van der Waals surface area (Å²) in [6.45, 7) is 2.02. The van der Waals surface area contributed by atoms with Crippen LogP contribution < -0.4 is 5.73 Å². The molecule has 0 radical (unpaired) electrons. The second kappa shape index (κ2) is 7.46. The first-order valence-electron chi connectivity index (χ1n) is 7.85.